The van der Waals surface area contributed by atoms with Gasteiger partial charge in [0, 0.05) is 17.9 Å². The van der Waals surface area contributed by atoms with Crippen LogP contribution in [0, 0.1) is 11.8 Å². The van der Waals surface area contributed by atoms with Crippen LogP contribution in [0.2, 0.25) is 0 Å². The van der Waals surface area contributed by atoms with Crippen molar-refractivity contribution >= 4 is 17.5 Å². The summed E-state index contributed by atoms with van der Waals surface area (Å²) in [5.41, 5.74) is 0.761. The topological polar surface area (TPSA) is 75.8 Å². The van der Waals surface area contributed by atoms with Gasteiger partial charge in [0.1, 0.15) is 5.60 Å². The van der Waals surface area contributed by atoms with Crippen molar-refractivity contribution in [2.75, 3.05) is 6.61 Å². The highest BCUT2D eigenvalue weighted by Crippen LogP contribution is 2.30. The molecule has 0 aromatic heterocycles. The number of carbonyl (C=O) groups is 3. The van der Waals surface area contributed by atoms with Gasteiger partial charge in [-0.05, 0) is 31.2 Å². The van der Waals surface area contributed by atoms with E-state index in [0.29, 0.717) is 25.0 Å². The molecule has 0 aliphatic carbocycles. The van der Waals surface area contributed by atoms with E-state index in [4.69, 9.17) is 4.74 Å². The van der Waals surface area contributed by atoms with Crippen LogP contribution in [0.15, 0.2) is 60.7 Å². The van der Waals surface area contributed by atoms with Crippen molar-refractivity contribution in [2.24, 2.45) is 11.8 Å². The molecule has 0 spiro atoms. The first-order valence-electron chi connectivity index (χ1n) is 10.9. The lowest BCUT2D eigenvalue weighted by molar-refractivity contribution is -0.132. The lowest BCUT2D eigenvalue weighted by Crippen LogP contribution is -2.49. The fraction of sp³-hybridized carbons (Fsp3) is 0.423. The molecule has 1 aliphatic rings. The van der Waals surface area contributed by atoms with E-state index in [1.54, 1.807) is 19.1 Å². The normalized spacial score (nSPS) is 19.5. The predicted octanol–water partition coefficient (Wildman–Crippen LogP) is 4.01. The maximum absolute atomic E-state index is 13.3. The van der Waals surface area contributed by atoms with Crippen LogP contribution in [0.25, 0.3) is 0 Å². The smallest absolute Gasteiger partial charge is 0.224 e. The lowest BCUT2D eigenvalue weighted by atomic mass is 9.89. The number of hydrogen-bond donors (Lipinski definition) is 1. The van der Waals surface area contributed by atoms with Crippen molar-refractivity contribution in [2.45, 2.75) is 51.7 Å². The summed E-state index contributed by atoms with van der Waals surface area (Å²) in [6.07, 6.45) is 1.05. The number of hydrogen-bond acceptors (Lipinski definition) is 4. The summed E-state index contributed by atoms with van der Waals surface area (Å²) in [6, 6.07) is 18.0. The molecule has 0 radical (unpaired) electrons. The minimum atomic E-state index is -0.804. The zero-order valence-electron chi connectivity index (χ0n) is 18.5. The van der Waals surface area contributed by atoms with E-state index in [1.807, 2.05) is 62.4 Å². The summed E-state index contributed by atoms with van der Waals surface area (Å²) in [4.78, 5) is 39.1. The van der Waals surface area contributed by atoms with Crippen molar-refractivity contribution in [1.29, 1.82) is 0 Å². The molecule has 2 aromatic carbocycles. The molecule has 164 valence electrons. The van der Waals surface area contributed by atoms with Gasteiger partial charge in [-0.25, -0.2) is 0 Å². The van der Waals surface area contributed by atoms with Gasteiger partial charge < -0.3 is 10.1 Å². The third kappa shape index (κ3) is 6.34. The third-order valence-electron chi connectivity index (χ3n) is 5.66. The second kappa shape index (κ2) is 10.0. The highest BCUT2D eigenvalue weighted by atomic mass is 16.6. The molecule has 3 atom stereocenters. The van der Waals surface area contributed by atoms with Crippen LogP contribution in [0.1, 0.15) is 49.5 Å². The van der Waals surface area contributed by atoms with Crippen molar-refractivity contribution in [3.63, 3.8) is 0 Å². The van der Waals surface area contributed by atoms with Crippen LogP contribution >= 0.6 is 0 Å². The van der Waals surface area contributed by atoms with E-state index in [9.17, 15) is 14.4 Å². The number of benzene rings is 2. The van der Waals surface area contributed by atoms with Crippen molar-refractivity contribution in [1.82, 2.24) is 5.32 Å². The average Bonchev–Trinajstić information content (AvgIpc) is 3.51. The van der Waals surface area contributed by atoms with Crippen LogP contribution in [0.5, 0.6) is 0 Å². The Bertz CT molecular complexity index is 904. The molecule has 31 heavy (non-hydrogen) atoms. The average molecular weight is 422 g/mol. The molecular formula is C26H31NO4. The summed E-state index contributed by atoms with van der Waals surface area (Å²) in [6.45, 7) is 6.18. The molecule has 1 N–H and O–H groups in total. The summed E-state index contributed by atoms with van der Waals surface area (Å²) in [7, 11) is 0. The molecule has 2 aromatic rings. The second-order valence-corrected chi connectivity index (χ2v) is 8.95. The molecule has 3 rings (SSSR count). The van der Waals surface area contributed by atoms with Crippen molar-refractivity contribution in [3.05, 3.63) is 71.8 Å². The summed E-state index contributed by atoms with van der Waals surface area (Å²) < 4.78 is 5.33. The first kappa shape index (κ1) is 22.9. The fourth-order valence-electron chi connectivity index (χ4n) is 3.73. The van der Waals surface area contributed by atoms with Crippen LogP contribution in [-0.2, 0) is 20.7 Å². The van der Waals surface area contributed by atoms with E-state index in [-0.39, 0.29) is 29.8 Å². The molecule has 0 saturated carbocycles. The van der Waals surface area contributed by atoms with Gasteiger partial charge in [-0.15, -0.1) is 0 Å². The third-order valence-corrected chi connectivity index (χ3v) is 5.66. The summed E-state index contributed by atoms with van der Waals surface area (Å²) >= 11 is 0. The Morgan fingerprint density at radius 2 is 1.58 bits per heavy atom. The molecule has 1 heterocycles. The van der Waals surface area contributed by atoms with E-state index < -0.39 is 17.6 Å². The molecule has 1 saturated heterocycles. The number of Topliss-reactive ketones (excluding diaryl/α,β-unsaturated/α-hetero) is 2. The Kier molecular flexibility index (Phi) is 7.39. The molecule has 5 heteroatoms. The van der Waals surface area contributed by atoms with Gasteiger partial charge >= 0.3 is 0 Å². The number of amides is 1. The number of ketones is 2. The standard InChI is InChI=1S/C26H31NO4/c1-18(2)14-22(24(29)26(3)17-31-26)27-25(30)21(15-19-10-6-4-7-11-19)16-23(28)20-12-8-5-9-13-20/h4-13,18,21-22H,14-17H2,1-3H3,(H,27,30)/t21-,22+,26-/m1/s1. The van der Waals surface area contributed by atoms with Gasteiger partial charge in [0.2, 0.25) is 5.91 Å². The summed E-state index contributed by atoms with van der Waals surface area (Å²) in [5.74, 6) is -0.777. The number of carbonyl (C=O) groups excluding carboxylic acids is 3. The van der Waals surface area contributed by atoms with E-state index in [1.165, 1.54) is 0 Å². The van der Waals surface area contributed by atoms with E-state index in [0.717, 1.165) is 5.56 Å². The van der Waals surface area contributed by atoms with Gasteiger partial charge in [-0.1, -0.05) is 74.5 Å². The molecule has 5 nitrogen and oxygen atoms in total. The maximum Gasteiger partial charge on any atom is 0.224 e. The Hall–Kier alpha value is -2.79. The van der Waals surface area contributed by atoms with Gasteiger partial charge in [0.15, 0.2) is 11.6 Å². The second-order valence-electron chi connectivity index (χ2n) is 8.95. The minimum Gasteiger partial charge on any atom is -0.361 e. The molecule has 0 unspecified atom stereocenters. The Labute approximate surface area is 184 Å². The highest BCUT2D eigenvalue weighted by Gasteiger charge is 2.50. The molecule has 0 bridgehead atoms. The van der Waals surface area contributed by atoms with Crippen LogP contribution in [-0.4, -0.2) is 35.7 Å². The monoisotopic (exact) mass is 421 g/mol. The zero-order chi connectivity index (χ0) is 22.4. The first-order valence-corrected chi connectivity index (χ1v) is 10.9. The van der Waals surface area contributed by atoms with Crippen LogP contribution in [0.3, 0.4) is 0 Å². The largest absolute Gasteiger partial charge is 0.361 e. The van der Waals surface area contributed by atoms with E-state index in [2.05, 4.69) is 5.32 Å². The zero-order valence-corrected chi connectivity index (χ0v) is 18.5. The van der Waals surface area contributed by atoms with Gasteiger partial charge in [-0.2, -0.15) is 0 Å². The molecular weight excluding hydrogens is 390 g/mol. The SMILES string of the molecule is CC(C)C[C@H](NC(=O)[C@@H](CC(=O)c1ccccc1)Cc1ccccc1)C(=O)[C@@]1(C)CO1. The number of ether oxygens (including phenoxy) is 1. The Balaban J connectivity index is 1.78. The van der Waals surface area contributed by atoms with Crippen LogP contribution < -0.4 is 5.32 Å². The van der Waals surface area contributed by atoms with Gasteiger partial charge in [-0.3, -0.25) is 14.4 Å². The number of nitrogens with one attached hydrogen (secondary N) is 1. The van der Waals surface area contributed by atoms with Gasteiger partial charge in [0.25, 0.3) is 0 Å². The molecule has 1 fully saturated rings. The van der Waals surface area contributed by atoms with Crippen molar-refractivity contribution < 1.29 is 19.1 Å². The number of epoxide rings is 1. The Morgan fingerprint density at radius 1 is 1.00 bits per heavy atom. The van der Waals surface area contributed by atoms with E-state index >= 15 is 0 Å². The lowest BCUT2D eigenvalue weighted by Gasteiger charge is -2.24. The van der Waals surface area contributed by atoms with Crippen LogP contribution in [0.4, 0.5) is 0 Å². The molecule has 1 aliphatic heterocycles. The molecule has 1 amide bonds. The fourth-order valence-corrected chi connectivity index (χ4v) is 3.73. The minimum absolute atomic E-state index is 0.0825. The first-order chi connectivity index (χ1) is 14.8. The van der Waals surface area contributed by atoms with Crippen molar-refractivity contribution in [3.8, 4) is 0 Å². The summed E-state index contributed by atoms with van der Waals surface area (Å²) in [5, 5.41) is 2.95. The maximum atomic E-state index is 13.3. The van der Waals surface area contributed by atoms with Gasteiger partial charge in [0.05, 0.1) is 12.6 Å². The Morgan fingerprint density at radius 3 is 2.13 bits per heavy atom. The quantitative estimate of drug-likeness (QED) is 0.439. The highest BCUT2D eigenvalue weighted by molar-refractivity contribution is 6.00. The predicted molar refractivity (Wildman–Crippen MR) is 120 cm³/mol. The number of rotatable bonds is 11.